The lowest BCUT2D eigenvalue weighted by atomic mass is 9.90. The molecule has 5 heteroatoms. The molecule has 1 heterocycles. The van der Waals surface area contributed by atoms with Crippen molar-refractivity contribution in [2.45, 2.75) is 30.1 Å². The molecule has 0 aromatic heterocycles. The predicted octanol–water partition coefficient (Wildman–Crippen LogP) is 3.15. The van der Waals surface area contributed by atoms with Crippen LogP contribution < -0.4 is 9.47 Å². The van der Waals surface area contributed by atoms with Crippen molar-refractivity contribution >= 4 is 17.7 Å². The summed E-state index contributed by atoms with van der Waals surface area (Å²) in [7, 11) is 0. The lowest BCUT2D eigenvalue weighted by Gasteiger charge is -2.24. The number of thioether (sulfide) groups is 1. The third kappa shape index (κ3) is 2.73. The molecule has 4 nitrogen and oxygen atoms in total. The van der Waals surface area contributed by atoms with Crippen LogP contribution in [-0.4, -0.2) is 30.5 Å². The molecule has 3 rings (SSSR count). The summed E-state index contributed by atoms with van der Waals surface area (Å²) in [5.74, 6) is 1.38. The number of hydrogen-bond donors (Lipinski definition) is 1. The summed E-state index contributed by atoms with van der Waals surface area (Å²) < 4.78 is 11.2. The molecule has 0 spiro atoms. The molecule has 2 aliphatic rings. The number of carboxylic acid groups (broad SMARTS) is 1. The molecule has 1 fully saturated rings. The summed E-state index contributed by atoms with van der Waals surface area (Å²) in [6.07, 6.45) is 4.46. The van der Waals surface area contributed by atoms with Crippen molar-refractivity contribution in [1.82, 2.24) is 0 Å². The van der Waals surface area contributed by atoms with E-state index in [1.54, 1.807) is 11.8 Å². The first-order valence-electron chi connectivity index (χ1n) is 6.88. The molecule has 0 bridgehead atoms. The predicted molar refractivity (Wildman–Crippen MR) is 76.9 cm³/mol. The van der Waals surface area contributed by atoms with Crippen LogP contribution >= 0.6 is 11.8 Å². The van der Waals surface area contributed by atoms with Crippen LogP contribution in [0.15, 0.2) is 17.0 Å². The van der Waals surface area contributed by atoms with Gasteiger partial charge in [0.25, 0.3) is 0 Å². The van der Waals surface area contributed by atoms with Gasteiger partial charge in [-0.3, -0.25) is 4.79 Å². The van der Waals surface area contributed by atoms with Gasteiger partial charge in [0.1, 0.15) is 13.2 Å². The molecule has 1 unspecified atom stereocenters. The van der Waals surface area contributed by atoms with Gasteiger partial charge in [-0.05, 0) is 48.6 Å². The number of hydrogen-bond acceptors (Lipinski definition) is 4. The van der Waals surface area contributed by atoms with Crippen LogP contribution in [0.25, 0.3) is 0 Å². The van der Waals surface area contributed by atoms with Gasteiger partial charge in [-0.2, -0.15) is 0 Å². The summed E-state index contributed by atoms with van der Waals surface area (Å²) in [6.45, 7) is 1.12. The Morgan fingerprint density at radius 1 is 1.35 bits per heavy atom. The molecule has 108 valence electrons. The molecule has 0 saturated heterocycles. The minimum atomic E-state index is -0.733. The molecular formula is C15H18O4S. The minimum Gasteiger partial charge on any atom is -0.486 e. The zero-order valence-electron chi connectivity index (χ0n) is 11.4. The fourth-order valence-electron chi connectivity index (χ4n) is 2.77. The first-order chi connectivity index (χ1) is 9.69. The Morgan fingerprint density at radius 2 is 2.00 bits per heavy atom. The maximum Gasteiger partial charge on any atom is 0.303 e. The second kappa shape index (κ2) is 5.56. The van der Waals surface area contributed by atoms with Crippen LogP contribution in [0.2, 0.25) is 0 Å². The Labute approximate surface area is 122 Å². The van der Waals surface area contributed by atoms with E-state index in [1.165, 1.54) is 0 Å². The number of rotatable bonds is 5. The molecule has 1 aromatic rings. The second-order valence-corrected chi connectivity index (χ2v) is 6.13. The van der Waals surface area contributed by atoms with Crippen LogP contribution in [0.5, 0.6) is 11.5 Å². The van der Waals surface area contributed by atoms with Crippen LogP contribution in [0.4, 0.5) is 0 Å². The third-order valence-electron chi connectivity index (χ3n) is 3.88. The van der Waals surface area contributed by atoms with Crippen molar-refractivity contribution in [1.29, 1.82) is 0 Å². The van der Waals surface area contributed by atoms with Crippen LogP contribution in [0, 0.1) is 5.92 Å². The quantitative estimate of drug-likeness (QED) is 0.845. The standard InChI is InChI=1S/C15H18O4S/c1-20-14-8-13-12(18-4-5-19-13)6-11(14)10(7-15(16)17)9-2-3-9/h6,8-10H,2-5,7H2,1H3,(H,16,17). The van der Waals surface area contributed by atoms with Gasteiger partial charge in [-0.15, -0.1) is 11.8 Å². The minimum absolute atomic E-state index is 0.0887. The maximum absolute atomic E-state index is 11.1. The van der Waals surface area contributed by atoms with Gasteiger partial charge in [0, 0.05) is 4.90 Å². The fraction of sp³-hybridized carbons (Fsp3) is 0.533. The van der Waals surface area contributed by atoms with Gasteiger partial charge in [0.15, 0.2) is 11.5 Å². The first kappa shape index (κ1) is 13.6. The molecule has 1 atom stereocenters. The van der Waals surface area contributed by atoms with Crippen molar-refractivity contribution < 1.29 is 19.4 Å². The van der Waals surface area contributed by atoms with E-state index in [4.69, 9.17) is 14.6 Å². The Kier molecular flexibility index (Phi) is 3.78. The highest BCUT2D eigenvalue weighted by atomic mass is 32.2. The molecule has 1 N–H and O–H groups in total. The number of ether oxygens (including phenoxy) is 2. The molecule has 1 aliphatic carbocycles. The van der Waals surface area contributed by atoms with Crippen molar-refractivity contribution in [2.24, 2.45) is 5.92 Å². The van der Waals surface area contributed by atoms with E-state index in [2.05, 4.69) is 0 Å². The highest BCUT2D eigenvalue weighted by Gasteiger charge is 2.35. The van der Waals surface area contributed by atoms with Crippen LogP contribution in [0.1, 0.15) is 30.7 Å². The largest absolute Gasteiger partial charge is 0.486 e. The van der Waals surface area contributed by atoms with E-state index in [0.29, 0.717) is 19.1 Å². The SMILES string of the molecule is CSc1cc2c(cc1C(CC(=O)O)C1CC1)OCCO2. The topological polar surface area (TPSA) is 55.8 Å². The number of aliphatic carboxylic acids is 1. The van der Waals surface area contributed by atoms with Gasteiger partial charge in [0.2, 0.25) is 0 Å². The number of benzene rings is 1. The number of carboxylic acids is 1. The van der Waals surface area contributed by atoms with Crippen molar-refractivity contribution in [3.05, 3.63) is 17.7 Å². The van der Waals surface area contributed by atoms with E-state index in [0.717, 1.165) is 34.8 Å². The summed E-state index contributed by atoms with van der Waals surface area (Å²) >= 11 is 1.64. The summed E-state index contributed by atoms with van der Waals surface area (Å²) in [4.78, 5) is 12.2. The highest BCUT2D eigenvalue weighted by molar-refractivity contribution is 7.98. The van der Waals surface area contributed by atoms with E-state index in [9.17, 15) is 4.79 Å². The highest BCUT2D eigenvalue weighted by Crippen LogP contribution is 2.49. The van der Waals surface area contributed by atoms with E-state index in [-0.39, 0.29) is 12.3 Å². The maximum atomic E-state index is 11.1. The van der Waals surface area contributed by atoms with Gasteiger partial charge in [0.05, 0.1) is 6.42 Å². The zero-order valence-corrected chi connectivity index (χ0v) is 12.2. The van der Waals surface area contributed by atoms with Gasteiger partial charge in [-0.25, -0.2) is 0 Å². The molecule has 0 amide bonds. The zero-order chi connectivity index (χ0) is 14.1. The Morgan fingerprint density at radius 3 is 2.55 bits per heavy atom. The van der Waals surface area contributed by atoms with Gasteiger partial charge in [-0.1, -0.05) is 0 Å². The average Bonchev–Trinajstić information content (AvgIpc) is 3.27. The Balaban J connectivity index is 1.98. The van der Waals surface area contributed by atoms with Crippen LogP contribution in [-0.2, 0) is 4.79 Å². The number of fused-ring (bicyclic) bond motifs is 1. The Hall–Kier alpha value is -1.36. The third-order valence-corrected chi connectivity index (χ3v) is 4.67. The molecule has 1 saturated carbocycles. The van der Waals surface area contributed by atoms with Gasteiger partial charge >= 0.3 is 5.97 Å². The van der Waals surface area contributed by atoms with E-state index in [1.807, 2.05) is 18.4 Å². The van der Waals surface area contributed by atoms with Crippen molar-refractivity contribution in [3.63, 3.8) is 0 Å². The summed E-state index contributed by atoms with van der Waals surface area (Å²) in [5, 5.41) is 9.16. The molecule has 1 aromatic carbocycles. The Bertz CT molecular complexity index is 525. The smallest absolute Gasteiger partial charge is 0.303 e. The lowest BCUT2D eigenvalue weighted by Crippen LogP contribution is -2.17. The summed E-state index contributed by atoms with van der Waals surface area (Å²) in [5.41, 5.74) is 1.10. The molecule has 0 radical (unpaired) electrons. The summed E-state index contributed by atoms with van der Waals surface area (Å²) in [6, 6.07) is 3.98. The van der Waals surface area contributed by atoms with Crippen molar-refractivity contribution in [3.8, 4) is 11.5 Å². The van der Waals surface area contributed by atoms with Gasteiger partial charge < -0.3 is 14.6 Å². The normalized spacial score (nSPS) is 18.6. The molecule has 1 aliphatic heterocycles. The lowest BCUT2D eigenvalue weighted by molar-refractivity contribution is -0.137. The molecule has 20 heavy (non-hydrogen) atoms. The first-order valence-corrected chi connectivity index (χ1v) is 8.11. The second-order valence-electron chi connectivity index (χ2n) is 5.28. The van der Waals surface area contributed by atoms with E-state index >= 15 is 0 Å². The fourth-order valence-corrected chi connectivity index (χ4v) is 3.44. The van der Waals surface area contributed by atoms with Crippen LogP contribution in [0.3, 0.4) is 0 Å². The van der Waals surface area contributed by atoms with Crippen molar-refractivity contribution in [2.75, 3.05) is 19.5 Å². The monoisotopic (exact) mass is 294 g/mol. The number of carbonyl (C=O) groups is 1. The molecular weight excluding hydrogens is 276 g/mol. The average molecular weight is 294 g/mol. The van der Waals surface area contributed by atoms with E-state index < -0.39 is 5.97 Å².